The first-order valence-corrected chi connectivity index (χ1v) is 4.11. The highest BCUT2D eigenvalue weighted by Gasteiger charge is 2.17. The maximum atomic E-state index is 10.3. The van der Waals surface area contributed by atoms with Crippen molar-refractivity contribution in [1.29, 1.82) is 0 Å². The van der Waals surface area contributed by atoms with Gasteiger partial charge in [0.1, 0.15) is 6.04 Å². The second-order valence-electron chi connectivity index (χ2n) is 1.80. The first-order valence-electron chi connectivity index (χ1n) is 2.57. The molecule has 0 radical (unpaired) electrons. The predicted octanol–water partition coefficient (Wildman–Crippen LogP) is -3.37. The summed E-state index contributed by atoms with van der Waals surface area (Å²) in [4.78, 5) is 10.3. The summed E-state index contributed by atoms with van der Waals surface area (Å²) in [5.41, 5.74) is 4.67. The van der Waals surface area contributed by atoms with Crippen LogP contribution in [0.2, 0.25) is 0 Å². The lowest BCUT2D eigenvalue weighted by atomic mass is 10.3. The number of amides is 1. The molecular formula is C3H9N3O4S. The van der Waals surface area contributed by atoms with Gasteiger partial charge in [-0.05, 0) is 0 Å². The highest BCUT2D eigenvalue weighted by molar-refractivity contribution is 7.87. The molecule has 0 aromatic carbocycles. The smallest absolute Gasteiger partial charge is 0.275 e. The Morgan fingerprint density at radius 1 is 1.64 bits per heavy atom. The van der Waals surface area contributed by atoms with Crippen LogP contribution in [0.3, 0.4) is 0 Å². The third-order valence-corrected chi connectivity index (χ3v) is 1.45. The maximum Gasteiger partial charge on any atom is 0.275 e. The molecule has 0 rings (SSSR count). The third kappa shape index (κ3) is 4.67. The molecule has 1 atom stereocenters. The number of hydrogen-bond donors (Lipinski definition) is 4. The monoisotopic (exact) mass is 183 g/mol. The van der Waals surface area contributed by atoms with Crippen molar-refractivity contribution in [2.24, 2.45) is 10.9 Å². The summed E-state index contributed by atoms with van der Waals surface area (Å²) in [6.45, 7) is -0.717. The van der Waals surface area contributed by atoms with E-state index in [1.54, 1.807) is 4.72 Å². The fraction of sp³-hybridized carbons (Fsp3) is 0.667. The average molecular weight is 183 g/mol. The Morgan fingerprint density at radius 2 is 2.09 bits per heavy atom. The molecule has 11 heavy (non-hydrogen) atoms. The zero-order valence-corrected chi connectivity index (χ0v) is 6.34. The SMILES string of the molecule is NC(=O)[C@H](CO)NS(N)(=O)=O. The quantitative estimate of drug-likeness (QED) is 0.361. The van der Waals surface area contributed by atoms with Gasteiger partial charge in [0.05, 0.1) is 6.61 Å². The van der Waals surface area contributed by atoms with Gasteiger partial charge in [-0.1, -0.05) is 0 Å². The van der Waals surface area contributed by atoms with E-state index in [1.165, 1.54) is 0 Å². The molecule has 0 heterocycles. The van der Waals surface area contributed by atoms with Crippen molar-refractivity contribution in [2.75, 3.05) is 6.61 Å². The molecule has 6 N–H and O–H groups in total. The van der Waals surface area contributed by atoms with Gasteiger partial charge in [-0.3, -0.25) is 4.79 Å². The van der Waals surface area contributed by atoms with Gasteiger partial charge in [-0.2, -0.15) is 13.1 Å². The highest BCUT2D eigenvalue weighted by Crippen LogP contribution is 1.81. The first kappa shape index (κ1) is 10.3. The average Bonchev–Trinajstić information content (AvgIpc) is 1.80. The molecule has 0 aromatic rings. The molecule has 0 saturated heterocycles. The second kappa shape index (κ2) is 3.62. The molecule has 0 unspecified atom stereocenters. The highest BCUT2D eigenvalue weighted by atomic mass is 32.2. The topological polar surface area (TPSA) is 136 Å². The number of hydrogen-bond acceptors (Lipinski definition) is 4. The Labute approximate surface area is 63.6 Å². The van der Waals surface area contributed by atoms with Crippen molar-refractivity contribution in [3.8, 4) is 0 Å². The molecule has 0 aliphatic carbocycles. The molecule has 8 heteroatoms. The fourth-order valence-corrected chi connectivity index (χ4v) is 0.971. The Hall–Kier alpha value is -0.700. The Bertz CT molecular complexity index is 235. The van der Waals surface area contributed by atoms with E-state index in [1.807, 2.05) is 0 Å². The molecule has 0 aromatic heterocycles. The predicted molar refractivity (Wildman–Crippen MR) is 36.3 cm³/mol. The van der Waals surface area contributed by atoms with Crippen LogP contribution >= 0.6 is 0 Å². The summed E-state index contributed by atoms with van der Waals surface area (Å²) in [7, 11) is -3.99. The minimum Gasteiger partial charge on any atom is -0.394 e. The number of primary amides is 1. The largest absolute Gasteiger partial charge is 0.394 e. The van der Waals surface area contributed by atoms with E-state index < -0.39 is 28.8 Å². The van der Waals surface area contributed by atoms with E-state index in [2.05, 4.69) is 10.9 Å². The summed E-state index contributed by atoms with van der Waals surface area (Å²) < 4.78 is 22.1. The summed E-state index contributed by atoms with van der Waals surface area (Å²) in [6.07, 6.45) is 0. The van der Waals surface area contributed by atoms with Gasteiger partial charge in [-0.25, -0.2) is 5.14 Å². The zero-order valence-electron chi connectivity index (χ0n) is 5.52. The van der Waals surface area contributed by atoms with E-state index in [0.717, 1.165) is 0 Å². The summed E-state index contributed by atoms with van der Waals surface area (Å²) >= 11 is 0. The zero-order chi connectivity index (χ0) is 9.07. The van der Waals surface area contributed by atoms with Gasteiger partial charge in [0.2, 0.25) is 5.91 Å². The number of nitrogens with one attached hydrogen (secondary N) is 1. The Morgan fingerprint density at radius 3 is 2.18 bits per heavy atom. The molecule has 0 aliphatic heterocycles. The number of aliphatic hydroxyl groups is 1. The minimum atomic E-state index is -3.99. The van der Waals surface area contributed by atoms with Crippen LogP contribution < -0.4 is 15.6 Å². The van der Waals surface area contributed by atoms with Crippen molar-refractivity contribution in [1.82, 2.24) is 4.72 Å². The molecule has 0 spiro atoms. The lowest BCUT2D eigenvalue weighted by Crippen LogP contribution is -2.48. The lowest BCUT2D eigenvalue weighted by molar-refractivity contribution is -0.120. The van der Waals surface area contributed by atoms with Gasteiger partial charge in [-0.15, -0.1) is 0 Å². The normalized spacial score (nSPS) is 14.4. The molecule has 0 bridgehead atoms. The van der Waals surface area contributed by atoms with Crippen molar-refractivity contribution >= 4 is 16.1 Å². The van der Waals surface area contributed by atoms with Gasteiger partial charge in [0.15, 0.2) is 0 Å². The van der Waals surface area contributed by atoms with Crippen LogP contribution in [0.25, 0.3) is 0 Å². The van der Waals surface area contributed by atoms with Crippen molar-refractivity contribution in [3.05, 3.63) is 0 Å². The molecule has 7 nitrogen and oxygen atoms in total. The number of rotatable bonds is 4. The summed E-state index contributed by atoms with van der Waals surface area (Å²) in [5.74, 6) is -0.985. The van der Waals surface area contributed by atoms with Crippen LogP contribution in [0, 0.1) is 0 Å². The standard InChI is InChI=1S/C3H9N3O4S/c4-3(8)2(1-7)6-11(5,9)10/h2,6-7H,1H2,(H2,4,8)(H2,5,9,10)/t2-/m0/s1. The molecule has 0 saturated carbocycles. The molecular weight excluding hydrogens is 174 g/mol. The van der Waals surface area contributed by atoms with E-state index in [9.17, 15) is 13.2 Å². The van der Waals surface area contributed by atoms with Crippen LogP contribution in [0.1, 0.15) is 0 Å². The van der Waals surface area contributed by atoms with Crippen LogP contribution in [0.4, 0.5) is 0 Å². The number of aliphatic hydroxyl groups excluding tert-OH is 1. The van der Waals surface area contributed by atoms with Crippen LogP contribution in [-0.4, -0.2) is 32.1 Å². The van der Waals surface area contributed by atoms with E-state index in [-0.39, 0.29) is 0 Å². The van der Waals surface area contributed by atoms with Crippen LogP contribution in [0.5, 0.6) is 0 Å². The third-order valence-electron chi connectivity index (χ3n) is 0.833. The van der Waals surface area contributed by atoms with Gasteiger partial charge in [0, 0.05) is 0 Å². The van der Waals surface area contributed by atoms with Gasteiger partial charge >= 0.3 is 0 Å². The number of nitrogens with two attached hydrogens (primary N) is 2. The number of carbonyl (C=O) groups excluding carboxylic acids is 1. The van der Waals surface area contributed by atoms with Gasteiger partial charge in [0.25, 0.3) is 10.2 Å². The fourth-order valence-electron chi connectivity index (χ4n) is 0.384. The lowest BCUT2D eigenvalue weighted by Gasteiger charge is -2.08. The molecule has 1 amide bonds. The van der Waals surface area contributed by atoms with E-state index in [0.29, 0.717) is 0 Å². The minimum absolute atomic E-state index is 0.717. The Kier molecular flexibility index (Phi) is 3.39. The van der Waals surface area contributed by atoms with E-state index in [4.69, 9.17) is 5.11 Å². The number of carbonyl (C=O) groups is 1. The van der Waals surface area contributed by atoms with Crippen molar-refractivity contribution < 1.29 is 18.3 Å². The molecule has 0 aliphatic rings. The molecule has 66 valence electrons. The second-order valence-corrected chi connectivity index (χ2v) is 3.13. The van der Waals surface area contributed by atoms with Crippen molar-refractivity contribution in [3.63, 3.8) is 0 Å². The van der Waals surface area contributed by atoms with Crippen LogP contribution in [0.15, 0.2) is 0 Å². The summed E-state index contributed by atoms with van der Waals surface area (Å²) in [6, 6.07) is -1.36. The maximum absolute atomic E-state index is 10.3. The summed E-state index contributed by atoms with van der Waals surface area (Å²) in [5, 5.41) is 12.9. The van der Waals surface area contributed by atoms with Gasteiger partial charge < -0.3 is 10.8 Å². The molecule has 0 fully saturated rings. The van der Waals surface area contributed by atoms with Crippen molar-refractivity contribution in [2.45, 2.75) is 6.04 Å². The first-order chi connectivity index (χ1) is 4.87. The Balaban J connectivity index is 4.22. The van der Waals surface area contributed by atoms with Crippen LogP contribution in [-0.2, 0) is 15.0 Å². The van der Waals surface area contributed by atoms with E-state index >= 15 is 0 Å².